The molecule has 0 bridgehead atoms. The number of hydrogen-bond acceptors (Lipinski definition) is 2. The zero-order valence-corrected chi connectivity index (χ0v) is 18.5. The topological polar surface area (TPSA) is 44.4 Å². The number of hydrogen-bond donors (Lipinski definition) is 2. The lowest BCUT2D eigenvalue weighted by atomic mass is 10.0. The number of benzene rings is 3. The van der Waals surface area contributed by atoms with E-state index in [4.69, 9.17) is 11.6 Å². The standard InChI is InChI=1S/C26H28ClN3O/c1-19-4-2-6-21(16-19)22-7-3-5-20(17-22)18-30-14-12-25(13-15-30)29-26(31)28-24-10-8-23(27)9-11-24/h2-11,16-17,25H,12-15,18H2,1H3,(H2,28,29,31). The number of nitrogens with one attached hydrogen (secondary N) is 2. The van der Waals surface area contributed by atoms with Crippen molar-refractivity contribution in [2.24, 2.45) is 0 Å². The zero-order valence-electron chi connectivity index (χ0n) is 17.8. The van der Waals surface area contributed by atoms with Crippen LogP contribution >= 0.6 is 11.6 Å². The van der Waals surface area contributed by atoms with E-state index in [2.05, 4.69) is 71.0 Å². The second kappa shape index (κ2) is 9.99. The molecule has 0 unspecified atom stereocenters. The fourth-order valence-electron chi connectivity index (χ4n) is 4.05. The van der Waals surface area contributed by atoms with E-state index >= 15 is 0 Å². The van der Waals surface area contributed by atoms with Gasteiger partial charge in [-0.15, -0.1) is 0 Å². The Morgan fingerprint density at radius 1 is 0.968 bits per heavy atom. The van der Waals surface area contributed by atoms with E-state index in [1.165, 1.54) is 22.3 Å². The average molecular weight is 434 g/mol. The Morgan fingerprint density at radius 3 is 2.35 bits per heavy atom. The lowest BCUT2D eigenvalue weighted by Crippen LogP contribution is -2.45. The van der Waals surface area contributed by atoms with Crippen LogP contribution in [0.15, 0.2) is 72.8 Å². The monoisotopic (exact) mass is 433 g/mol. The molecule has 1 saturated heterocycles. The van der Waals surface area contributed by atoms with Crippen LogP contribution in [0, 0.1) is 6.92 Å². The molecular weight excluding hydrogens is 406 g/mol. The van der Waals surface area contributed by atoms with Crippen LogP contribution in [0.25, 0.3) is 11.1 Å². The third-order valence-corrected chi connectivity index (χ3v) is 5.96. The Kier molecular flexibility index (Phi) is 6.90. The van der Waals surface area contributed by atoms with Crippen LogP contribution in [0.2, 0.25) is 5.02 Å². The number of aryl methyl sites for hydroxylation is 1. The molecule has 0 aliphatic carbocycles. The molecule has 3 aromatic rings. The molecule has 1 aliphatic heterocycles. The minimum absolute atomic E-state index is 0.161. The van der Waals surface area contributed by atoms with Crippen molar-refractivity contribution in [2.75, 3.05) is 18.4 Å². The van der Waals surface area contributed by atoms with Crippen LogP contribution in [-0.4, -0.2) is 30.1 Å². The lowest BCUT2D eigenvalue weighted by molar-refractivity contribution is 0.190. The van der Waals surface area contributed by atoms with Gasteiger partial charge in [-0.2, -0.15) is 0 Å². The van der Waals surface area contributed by atoms with Gasteiger partial charge >= 0.3 is 6.03 Å². The molecule has 1 heterocycles. The number of carbonyl (C=O) groups is 1. The highest BCUT2D eigenvalue weighted by Gasteiger charge is 2.21. The molecule has 0 radical (unpaired) electrons. The van der Waals surface area contributed by atoms with Gasteiger partial charge in [-0.1, -0.05) is 59.6 Å². The first-order valence-corrected chi connectivity index (χ1v) is 11.1. The summed E-state index contributed by atoms with van der Waals surface area (Å²) in [5.74, 6) is 0. The third kappa shape index (κ3) is 6.09. The van der Waals surface area contributed by atoms with E-state index in [9.17, 15) is 4.79 Å². The fraction of sp³-hybridized carbons (Fsp3) is 0.269. The summed E-state index contributed by atoms with van der Waals surface area (Å²) in [7, 11) is 0. The Hall–Kier alpha value is -2.82. The van der Waals surface area contributed by atoms with E-state index in [0.29, 0.717) is 5.02 Å². The van der Waals surface area contributed by atoms with Gasteiger partial charge in [0.25, 0.3) is 0 Å². The predicted molar refractivity (Wildman–Crippen MR) is 129 cm³/mol. The van der Waals surface area contributed by atoms with Gasteiger partial charge in [0.05, 0.1) is 0 Å². The Bertz CT molecular complexity index is 1030. The summed E-state index contributed by atoms with van der Waals surface area (Å²) >= 11 is 5.89. The molecule has 4 rings (SSSR count). The zero-order chi connectivity index (χ0) is 21.6. The van der Waals surface area contributed by atoms with Gasteiger partial charge in [-0.3, -0.25) is 4.90 Å². The molecule has 160 valence electrons. The molecule has 0 aromatic heterocycles. The normalized spacial score (nSPS) is 14.9. The van der Waals surface area contributed by atoms with Crippen molar-refractivity contribution < 1.29 is 4.79 Å². The first kappa shape index (κ1) is 21.4. The highest BCUT2D eigenvalue weighted by atomic mass is 35.5. The molecule has 0 atom stereocenters. The van der Waals surface area contributed by atoms with E-state index in [-0.39, 0.29) is 12.1 Å². The molecule has 0 saturated carbocycles. The third-order valence-electron chi connectivity index (χ3n) is 5.71. The Morgan fingerprint density at radius 2 is 1.65 bits per heavy atom. The molecular formula is C26H28ClN3O. The Balaban J connectivity index is 1.27. The maximum Gasteiger partial charge on any atom is 0.319 e. The van der Waals surface area contributed by atoms with Crippen molar-refractivity contribution >= 4 is 23.3 Å². The van der Waals surface area contributed by atoms with Gasteiger partial charge < -0.3 is 10.6 Å². The van der Waals surface area contributed by atoms with E-state index in [0.717, 1.165) is 38.2 Å². The predicted octanol–water partition coefficient (Wildman–Crippen LogP) is 6.10. The minimum atomic E-state index is -0.161. The van der Waals surface area contributed by atoms with Crippen molar-refractivity contribution in [3.05, 3.63) is 88.9 Å². The molecule has 0 spiro atoms. The first-order chi connectivity index (χ1) is 15.0. The van der Waals surface area contributed by atoms with Gasteiger partial charge in [-0.25, -0.2) is 4.79 Å². The summed E-state index contributed by atoms with van der Waals surface area (Å²) in [5.41, 5.74) is 5.87. The van der Waals surface area contributed by atoms with Crippen LogP contribution in [0.1, 0.15) is 24.0 Å². The highest BCUT2D eigenvalue weighted by Crippen LogP contribution is 2.23. The number of carbonyl (C=O) groups excluding carboxylic acids is 1. The minimum Gasteiger partial charge on any atom is -0.335 e. The van der Waals surface area contributed by atoms with Crippen molar-refractivity contribution in [2.45, 2.75) is 32.4 Å². The number of piperidine rings is 1. The SMILES string of the molecule is Cc1cccc(-c2cccc(CN3CCC(NC(=O)Nc4ccc(Cl)cc4)CC3)c2)c1. The van der Waals surface area contributed by atoms with E-state index < -0.39 is 0 Å². The smallest absolute Gasteiger partial charge is 0.319 e. The van der Waals surface area contributed by atoms with E-state index in [1.54, 1.807) is 24.3 Å². The molecule has 1 fully saturated rings. The highest BCUT2D eigenvalue weighted by molar-refractivity contribution is 6.30. The Labute approximate surface area is 189 Å². The van der Waals surface area contributed by atoms with Gasteiger partial charge in [0, 0.05) is 36.4 Å². The van der Waals surface area contributed by atoms with Gasteiger partial charge in [0.15, 0.2) is 0 Å². The van der Waals surface area contributed by atoms with Gasteiger partial charge in [0.1, 0.15) is 0 Å². The van der Waals surface area contributed by atoms with Crippen LogP contribution in [0.5, 0.6) is 0 Å². The maximum absolute atomic E-state index is 12.3. The van der Waals surface area contributed by atoms with Crippen LogP contribution < -0.4 is 10.6 Å². The van der Waals surface area contributed by atoms with Gasteiger partial charge in [0.2, 0.25) is 0 Å². The second-order valence-electron chi connectivity index (χ2n) is 8.23. The van der Waals surface area contributed by atoms with Crippen LogP contribution in [-0.2, 0) is 6.54 Å². The lowest BCUT2D eigenvalue weighted by Gasteiger charge is -2.32. The number of anilines is 1. The summed E-state index contributed by atoms with van der Waals surface area (Å²) in [6.45, 7) is 5.01. The van der Waals surface area contributed by atoms with Crippen molar-refractivity contribution in [1.82, 2.24) is 10.2 Å². The quantitative estimate of drug-likeness (QED) is 0.510. The van der Waals surface area contributed by atoms with Gasteiger partial charge in [-0.05, 0) is 66.8 Å². The number of halogens is 1. The fourth-order valence-corrected chi connectivity index (χ4v) is 4.18. The molecule has 3 aromatic carbocycles. The average Bonchev–Trinajstić information content (AvgIpc) is 2.77. The van der Waals surface area contributed by atoms with Crippen LogP contribution in [0.4, 0.5) is 10.5 Å². The van der Waals surface area contributed by atoms with Crippen molar-refractivity contribution in [3.8, 4) is 11.1 Å². The summed E-state index contributed by atoms with van der Waals surface area (Å²) in [6.07, 6.45) is 1.90. The second-order valence-corrected chi connectivity index (χ2v) is 8.66. The summed E-state index contributed by atoms with van der Waals surface area (Å²) < 4.78 is 0. The molecule has 2 amide bonds. The molecule has 4 nitrogen and oxygen atoms in total. The molecule has 1 aliphatic rings. The number of likely N-dealkylation sites (tertiary alicyclic amines) is 1. The molecule has 5 heteroatoms. The van der Waals surface area contributed by atoms with Crippen molar-refractivity contribution in [1.29, 1.82) is 0 Å². The van der Waals surface area contributed by atoms with E-state index in [1.807, 2.05) is 0 Å². The number of amides is 2. The summed E-state index contributed by atoms with van der Waals surface area (Å²) in [6, 6.07) is 24.6. The number of rotatable bonds is 5. The number of nitrogens with zero attached hydrogens (tertiary/aromatic N) is 1. The maximum atomic E-state index is 12.3. The summed E-state index contributed by atoms with van der Waals surface area (Å²) in [5, 5.41) is 6.62. The summed E-state index contributed by atoms with van der Waals surface area (Å²) in [4.78, 5) is 14.7. The molecule has 2 N–H and O–H groups in total. The molecule has 31 heavy (non-hydrogen) atoms. The van der Waals surface area contributed by atoms with Crippen LogP contribution in [0.3, 0.4) is 0 Å². The largest absolute Gasteiger partial charge is 0.335 e. The first-order valence-electron chi connectivity index (χ1n) is 10.8. The number of urea groups is 1. The van der Waals surface area contributed by atoms with Crippen molar-refractivity contribution in [3.63, 3.8) is 0 Å².